The van der Waals surface area contributed by atoms with Gasteiger partial charge in [-0.3, -0.25) is 4.79 Å². The second kappa shape index (κ2) is 5.03. The Morgan fingerprint density at radius 2 is 2.39 bits per heavy atom. The summed E-state index contributed by atoms with van der Waals surface area (Å²) in [6, 6.07) is 3.70. The van der Waals surface area contributed by atoms with E-state index in [-0.39, 0.29) is 18.1 Å². The molecule has 1 N–H and O–H groups in total. The molecule has 0 aromatic heterocycles. The number of alkyl carbamates (subject to hydrolysis) is 1. The van der Waals surface area contributed by atoms with E-state index < -0.39 is 18.0 Å². The highest BCUT2D eigenvalue weighted by molar-refractivity contribution is 5.96. The molecular weight excluding hydrogens is 241 g/mol. The van der Waals surface area contributed by atoms with E-state index >= 15 is 0 Å². The fraction of sp³-hybridized carbons (Fsp3) is 0.333. The molecule has 1 atom stereocenters. The van der Waals surface area contributed by atoms with Crippen LogP contribution in [0.2, 0.25) is 0 Å². The first-order valence-electron chi connectivity index (χ1n) is 5.44. The lowest BCUT2D eigenvalue weighted by molar-refractivity contribution is 0.0973. The predicted molar refractivity (Wildman–Crippen MR) is 60.2 cm³/mol. The average molecular weight is 253 g/mol. The minimum absolute atomic E-state index is 0.0719. The Labute approximate surface area is 103 Å². The number of amides is 1. The van der Waals surface area contributed by atoms with Gasteiger partial charge < -0.3 is 14.8 Å². The molecular formula is C12H12FNO4. The minimum Gasteiger partial charge on any atom is -0.489 e. The summed E-state index contributed by atoms with van der Waals surface area (Å²) >= 11 is 0. The fourth-order valence-electron chi connectivity index (χ4n) is 1.61. The zero-order valence-electron chi connectivity index (χ0n) is 9.73. The van der Waals surface area contributed by atoms with Crippen molar-refractivity contribution in [1.29, 1.82) is 0 Å². The lowest BCUT2D eigenvalue weighted by atomic mass is 10.1. The van der Waals surface area contributed by atoms with Gasteiger partial charge in [0.25, 0.3) is 0 Å². The standard InChI is InChI=1S/C12H12FNO4/c1-7(15)10-3-2-8(13)4-11(10)17-6-9-5-14-12(16)18-9/h2-4,9H,5-6H2,1H3,(H,14,16). The maximum atomic E-state index is 13.1. The van der Waals surface area contributed by atoms with Gasteiger partial charge in [0, 0.05) is 6.07 Å². The Morgan fingerprint density at radius 3 is 3.00 bits per heavy atom. The summed E-state index contributed by atoms with van der Waals surface area (Å²) in [5.74, 6) is -0.548. The third kappa shape index (κ3) is 2.77. The van der Waals surface area contributed by atoms with E-state index in [2.05, 4.69) is 5.32 Å². The normalized spacial score (nSPS) is 18.1. The highest BCUT2D eigenvalue weighted by atomic mass is 19.1. The lowest BCUT2D eigenvalue weighted by Crippen LogP contribution is -2.22. The second-order valence-electron chi connectivity index (χ2n) is 3.92. The van der Waals surface area contributed by atoms with E-state index in [1.165, 1.54) is 19.1 Å². The maximum absolute atomic E-state index is 13.1. The van der Waals surface area contributed by atoms with Crippen molar-refractivity contribution in [3.8, 4) is 5.75 Å². The van der Waals surface area contributed by atoms with Crippen molar-refractivity contribution in [2.75, 3.05) is 13.2 Å². The third-order valence-electron chi connectivity index (χ3n) is 2.50. The van der Waals surface area contributed by atoms with Crippen molar-refractivity contribution in [3.05, 3.63) is 29.6 Å². The first-order valence-corrected chi connectivity index (χ1v) is 5.44. The highest BCUT2D eigenvalue weighted by Gasteiger charge is 2.23. The van der Waals surface area contributed by atoms with E-state index in [1.54, 1.807) is 0 Å². The summed E-state index contributed by atoms with van der Waals surface area (Å²) in [7, 11) is 0. The molecule has 0 radical (unpaired) electrons. The first kappa shape index (κ1) is 12.3. The lowest BCUT2D eigenvalue weighted by Gasteiger charge is -2.12. The summed E-state index contributed by atoms with van der Waals surface area (Å²) in [6.45, 7) is 1.78. The van der Waals surface area contributed by atoms with Crippen LogP contribution in [0.25, 0.3) is 0 Å². The number of halogens is 1. The van der Waals surface area contributed by atoms with Crippen molar-refractivity contribution < 1.29 is 23.5 Å². The Balaban J connectivity index is 2.06. The largest absolute Gasteiger partial charge is 0.489 e. The van der Waals surface area contributed by atoms with Crippen molar-refractivity contribution in [3.63, 3.8) is 0 Å². The van der Waals surface area contributed by atoms with Gasteiger partial charge in [0.1, 0.15) is 18.2 Å². The van der Waals surface area contributed by atoms with Crippen LogP contribution < -0.4 is 10.1 Å². The number of carbonyl (C=O) groups excluding carboxylic acids is 2. The van der Waals surface area contributed by atoms with Crippen LogP contribution in [-0.4, -0.2) is 31.1 Å². The van der Waals surface area contributed by atoms with Crippen LogP contribution in [0.5, 0.6) is 5.75 Å². The van der Waals surface area contributed by atoms with E-state index in [1.807, 2.05) is 0 Å². The number of rotatable bonds is 4. The van der Waals surface area contributed by atoms with Crippen molar-refractivity contribution in [2.24, 2.45) is 0 Å². The average Bonchev–Trinajstić information content (AvgIpc) is 2.72. The zero-order chi connectivity index (χ0) is 13.1. The van der Waals surface area contributed by atoms with Gasteiger partial charge in [0.15, 0.2) is 11.9 Å². The van der Waals surface area contributed by atoms with Crippen LogP contribution in [0.4, 0.5) is 9.18 Å². The molecule has 1 saturated heterocycles. The molecule has 1 amide bonds. The number of nitrogens with one attached hydrogen (secondary N) is 1. The van der Waals surface area contributed by atoms with Crippen LogP contribution in [0.15, 0.2) is 18.2 Å². The molecule has 0 bridgehead atoms. The van der Waals surface area contributed by atoms with Gasteiger partial charge in [-0.05, 0) is 19.1 Å². The fourth-order valence-corrected chi connectivity index (χ4v) is 1.61. The molecule has 0 saturated carbocycles. The monoisotopic (exact) mass is 253 g/mol. The number of hydrogen-bond donors (Lipinski definition) is 1. The van der Waals surface area contributed by atoms with Gasteiger partial charge >= 0.3 is 6.09 Å². The number of Topliss-reactive ketones (excluding diaryl/α,β-unsaturated/α-hetero) is 1. The second-order valence-corrected chi connectivity index (χ2v) is 3.92. The summed E-state index contributed by atoms with van der Waals surface area (Å²) in [4.78, 5) is 22.1. The number of cyclic esters (lactones) is 1. The van der Waals surface area contributed by atoms with Gasteiger partial charge in [-0.15, -0.1) is 0 Å². The molecule has 1 unspecified atom stereocenters. The smallest absolute Gasteiger partial charge is 0.407 e. The Kier molecular flexibility index (Phi) is 3.45. The molecule has 1 aromatic carbocycles. The van der Waals surface area contributed by atoms with Crippen LogP contribution in [0, 0.1) is 5.82 Å². The number of ketones is 1. The van der Waals surface area contributed by atoms with Gasteiger partial charge in [-0.1, -0.05) is 0 Å². The van der Waals surface area contributed by atoms with Gasteiger partial charge in [-0.25, -0.2) is 9.18 Å². The molecule has 6 heteroatoms. The van der Waals surface area contributed by atoms with Crippen LogP contribution in [-0.2, 0) is 4.74 Å². The first-order chi connectivity index (χ1) is 8.56. The molecule has 1 aliphatic heterocycles. The van der Waals surface area contributed by atoms with Crippen molar-refractivity contribution in [2.45, 2.75) is 13.0 Å². The SMILES string of the molecule is CC(=O)c1ccc(F)cc1OCC1CNC(=O)O1. The number of ether oxygens (including phenoxy) is 2. The van der Waals surface area contributed by atoms with E-state index in [0.29, 0.717) is 12.1 Å². The third-order valence-corrected chi connectivity index (χ3v) is 2.50. The van der Waals surface area contributed by atoms with Crippen molar-refractivity contribution >= 4 is 11.9 Å². The molecule has 1 aliphatic rings. The molecule has 2 rings (SSSR count). The Morgan fingerprint density at radius 1 is 1.61 bits per heavy atom. The van der Waals surface area contributed by atoms with Crippen LogP contribution in [0.1, 0.15) is 17.3 Å². The van der Waals surface area contributed by atoms with Crippen LogP contribution >= 0.6 is 0 Å². The molecule has 18 heavy (non-hydrogen) atoms. The van der Waals surface area contributed by atoms with E-state index in [0.717, 1.165) is 6.07 Å². The molecule has 0 spiro atoms. The van der Waals surface area contributed by atoms with Gasteiger partial charge in [-0.2, -0.15) is 0 Å². The summed E-state index contributed by atoms with van der Waals surface area (Å²) < 4.78 is 23.3. The predicted octanol–water partition coefficient (Wildman–Crippen LogP) is 1.52. The van der Waals surface area contributed by atoms with E-state index in [9.17, 15) is 14.0 Å². The Hall–Kier alpha value is -2.11. The van der Waals surface area contributed by atoms with Gasteiger partial charge in [0.05, 0.1) is 12.1 Å². The van der Waals surface area contributed by atoms with E-state index in [4.69, 9.17) is 9.47 Å². The Bertz CT molecular complexity index is 489. The number of benzene rings is 1. The summed E-state index contributed by atoms with van der Waals surface area (Å²) in [6.07, 6.45) is -0.935. The molecule has 96 valence electrons. The minimum atomic E-state index is -0.505. The number of carbonyl (C=O) groups is 2. The highest BCUT2D eigenvalue weighted by Crippen LogP contribution is 2.21. The molecule has 0 aliphatic carbocycles. The molecule has 5 nitrogen and oxygen atoms in total. The van der Waals surface area contributed by atoms with Gasteiger partial charge in [0.2, 0.25) is 0 Å². The molecule has 1 heterocycles. The zero-order valence-corrected chi connectivity index (χ0v) is 9.73. The van der Waals surface area contributed by atoms with Crippen LogP contribution in [0.3, 0.4) is 0 Å². The quantitative estimate of drug-likeness (QED) is 0.826. The summed E-state index contributed by atoms with van der Waals surface area (Å²) in [5.41, 5.74) is 0.300. The van der Waals surface area contributed by atoms with Crippen molar-refractivity contribution in [1.82, 2.24) is 5.32 Å². The molecule has 1 fully saturated rings. The topological polar surface area (TPSA) is 64.6 Å². The molecule has 1 aromatic rings. The summed E-state index contributed by atoms with van der Waals surface area (Å²) in [5, 5.41) is 2.47. The number of hydrogen-bond acceptors (Lipinski definition) is 4. The maximum Gasteiger partial charge on any atom is 0.407 e.